The molecule has 0 bridgehead atoms. The minimum absolute atomic E-state index is 0.126. The van der Waals surface area contributed by atoms with Gasteiger partial charge in [-0.1, -0.05) is 17.7 Å². The van der Waals surface area contributed by atoms with E-state index in [1.165, 1.54) is 33.4 Å². The zero-order valence-corrected chi connectivity index (χ0v) is 17.1. The van der Waals surface area contributed by atoms with Crippen molar-refractivity contribution in [2.75, 3.05) is 25.6 Å². The van der Waals surface area contributed by atoms with Crippen LogP contribution >= 0.6 is 0 Å². The van der Waals surface area contributed by atoms with E-state index in [1.54, 1.807) is 18.2 Å². The van der Waals surface area contributed by atoms with Crippen LogP contribution in [0.2, 0.25) is 0 Å². The van der Waals surface area contributed by atoms with Crippen LogP contribution in [0.25, 0.3) is 11.5 Å². The molecule has 0 aliphatic carbocycles. The van der Waals surface area contributed by atoms with Gasteiger partial charge < -0.3 is 13.9 Å². The second-order valence-corrected chi connectivity index (χ2v) is 8.08. The van der Waals surface area contributed by atoms with Gasteiger partial charge >= 0.3 is 0 Å². The first-order chi connectivity index (χ1) is 13.8. The third-order valence-corrected chi connectivity index (χ3v) is 6.07. The molecule has 0 N–H and O–H groups in total. The number of ether oxygens (including phenoxy) is 2. The summed E-state index contributed by atoms with van der Waals surface area (Å²) in [6.45, 7) is 1.94. The van der Waals surface area contributed by atoms with E-state index < -0.39 is 10.0 Å². The van der Waals surface area contributed by atoms with Gasteiger partial charge in [0.15, 0.2) is 0 Å². The van der Waals surface area contributed by atoms with Crippen LogP contribution < -0.4 is 13.8 Å². The molecule has 0 aliphatic rings. The summed E-state index contributed by atoms with van der Waals surface area (Å²) in [5.41, 5.74) is 1.53. The van der Waals surface area contributed by atoms with Crippen molar-refractivity contribution in [3.8, 4) is 29.0 Å². The Balaban J connectivity index is 2.09. The highest BCUT2D eigenvalue weighted by atomic mass is 32.2. The first-order valence-corrected chi connectivity index (χ1v) is 9.94. The molecule has 8 nitrogen and oxygen atoms in total. The van der Waals surface area contributed by atoms with Gasteiger partial charge in [-0.3, -0.25) is 0 Å². The molecule has 150 valence electrons. The lowest BCUT2D eigenvalue weighted by atomic mass is 10.1. The fourth-order valence-corrected chi connectivity index (χ4v) is 3.97. The standard InChI is InChI=1S/C20H19N3O5S/c1-13-5-7-14(8-6-13)19-22-16(12-21)20(28-19)23(2)29(24,25)18-11-15(26-3)9-10-17(18)27-4/h5-11H,1-4H3. The van der Waals surface area contributed by atoms with Crippen LogP contribution in [0.1, 0.15) is 11.3 Å². The molecule has 29 heavy (non-hydrogen) atoms. The molecule has 1 heterocycles. The fraction of sp³-hybridized carbons (Fsp3) is 0.200. The van der Waals surface area contributed by atoms with Crippen molar-refractivity contribution in [1.82, 2.24) is 4.98 Å². The van der Waals surface area contributed by atoms with Crippen LogP contribution in [-0.2, 0) is 10.0 Å². The summed E-state index contributed by atoms with van der Waals surface area (Å²) in [5, 5.41) is 9.45. The number of hydrogen-bond acceptors (Lipinski definition) is 7. The molecule has 3 aromatic rings. The predicted octanol–water partition coefficient (Wildman–Crippen LogP) is 3.36. The topological polar surface area (TPSA) is 106 Å². The number of hydrogen-bond donors (Lipinski definition) is 0. The van der Waals surface area contributed by atoms with Crippen molar-refractivity contribution < 1.29 is 22.3 Å². The Labute approximate surface area is 169 Å². The highest BCUT2D eigenvalue weighted by Crippen LogP contribution is 2.35. The van der Waals surface area contributed by atoms with E-state index in [0.717, 1.165) is 9.87 Å². The second kappa shape index (κ2) is 7.85. The highest BCUT2D eigenvalue weighted by Gasteiger charge is 2.31. The number of nitrogens with zero attached hydrogens (tertiary/aromatic N) is 3. The molecular weight excluding hydrogens is 394 g/mol. The van der Waals surface area contributed by atoms with Gasteiger partial charge in [0.25, 0.3) is 10.0 Å². The van der Waals surface area contributed by atoms with Crippen molar-refractivity contribution in [2.45, 2.75) is 11.8 Å². The summed E-state index contributed by atoms with van der Waals surface area (Å²) in [6.07, 6.45) is 0. The number of nitriles is 1. The zero-order valence-electron chi connectivity index (χ0n) is 16.3. The number of methoxy groups -OCH3 is 2. The summed E-state index contributed by atoms with van der Waals surface area (Å²) in [6, 6.07) is 13.6. The van der Waals surface area contributed by atoms with E-state index in [-0.39, 0.29) is 28.1 Å². The maximum absolute atomic E-state index is 13.2. The molecule has 9 heteroatoms. The van der Waals surface area contributed by atoms with E-state index in [2.05, 4.69) is 4.98 Å². The van der Waals surface area contributed by atoms with Crippen LogP contribution in [-0.4, -0.2) is 34.7 Å². The van der Waals surface area contributed by atoms with Crippen LogP contribution in [0.15, 0.2) is 51.8 Å². The van der Waals surface area contributed by atoms with Crippen molar-refractivity contribution >= 4 is 15.9 Å². The van der Waals surface area contributed by atoms with Crippen molar-refractivity contribution in [2.24, 2.45) is 0 Å². The maximum atomic E-state index is 13.2. The van der Waals surface area contributed by atoms with Gasteiger partial charge in [-0.05, 0) is 31.2 Å². The first-order valence-electron chi connectivity index (χ1n) is 8.50. The summed E-state index contributed by atoms with van der Waals surface area (Å²) >= 11 is 0. The Hall–Kier alpha value is -3.51. The monoisotopic (exact) mass is 413 g/mol. The SMILES string of the molecule is COc1ccc(OC)c(S(=O)(=O)N(C)c2oc(-c3ccc(C)cc3)nc2C#N)c1. The molecule has 0 unspecified atom stereocenters. The maximum Gasteiger partial charge on any atom is 0.270 e. The van der Waals surface area contributed by atoms with E-state index in [0.29, 0.717) is 11.3 Å². The Kier molecular flexibility index (Phi) is 5.48. The van der Waals surface area contributed by atoms with E-state index in [9.17, 15) is 13.7 Å². The Morgan fingerprint density at radius 2 is 1.79 bits per heavy atom. The van der Waals surface area contributed by atoms with Crippen molar-refractivity contribution in [1.29, 1.82) is 5.26 Å². The van der Waals surface area contributed by atoms with Crippen molar-refractivity contribution in [3.63, 3.8) is 0 Å². The van der Waals surface area contributed by atoms with Crippen LogP contribution in [0, 0.1) is 18.3 Å². The highest BCUT2D eigenvalue weighted by molar-refractivity contribution is 7.92. The second-order valence-electron chi connectivity index (χ2n) is 6.14. The number of oxazole rings is 1. The lowest BCUT2D eigenvalue weighted by Crippen LogP contribution is -2.27. The zero-order chi connectivity index (χ0) is 21.2. The number of anilines is 1. The molecule has 0 saturated carbocycles. The summed E-state index contributed by atoms with van der Waals surface area (Å²) in [7, 11) is -0.0487. The van der Waals surface area contributed by atoms with Crippen molar-refractivity contribution in [3.05, 3.63) is 53.7 Å². The molecule has 0 fully saturated rings. The van der Waals surface area contributed by atoms with Gasteiger partial charge in [0.2, 0.25) is 17.5 Å². The van der Waals surface area contributed by atoms with Gasteiger partial charge in [0, 0.05) is 18.7 Å². The van der Waals surface area contributed by atoms with E-state index >= 15 is 0 Å². The summed E-state index contributed by atoms with van der Waals surface area (Å²) in [5.74, 6) is 0.440. The minimum atomic E-state index is -4.13. The molecule has 0 spiro atoms. The Bertz CT molecular complexity index is 1180. The molecule has 0 amide bonds. The number of benzene rings is 2. The number of aromatic nitrogens is 1. The molecule has 1 aromatic heterocycles. The summed E-state index contributed by atoms with van der Waals surface area (Å²) < 4.78 is 43.3. The Morgan fingerprint density at radius 1 is 1.10 bits per heavy atom. The smallest absolute Gasteiger partial charge is 0.270 e. The predicted molar refractivity (Wildman–Crippen MR) is 107 cm³/mol. The quantitative estimate of drug-likeness (QED) is 0.610. The molecule has 0 aliphatic heterocycles. The number of aryl methyl sites for hydroxylation is 1. The normalized spacial score (nSPS) is 11.0. The third kappa shape index (κ3) is 3.75. The molecule has 0 radical (unpaired) electrons. The van der Waals surface area contributed by atoms with Crippen LogP contribution in [0.5, 0.6) is 11.5 Å². The molecule has 0 atom stereocenters. The lowest BCUT2D eigenvalue weighted by Gasteiger charge is -2.18. The van der Waals surface area contributed by atoms with Crippen LogP contribution in [0.3, 0.4) is 0 Å². The lowest BCUT2D eigenvalue weighted by molar-refractivity contribution is 0.392. The molecule has 0 saturated heterocycles. The van der Waals surface area contributed by atoms with E-state index in [1.807, 2.05) is 25.1 Å². The molecule has 3 rings (SSSR count). The number of rotatable bonds is 6. The van der Waals surface area contributed by atoms with Gasteiger partial charge in [-0.15, -0.1) is 0 Å². The van der Waals surface area contributed by atoms with Gasteiger partial charge in [0.1, 0.15) is 22.5 Å². The first kappa shape index (κ1) is 20.2. The van der Waals surface area contributed by atoms with Gasteiger partial charge in [0.05, 0.1) is 14.2 Å². The fourth-order valence-electron chi connectivity index (χ4n) is 2.66. The largest absolute Gasteiger partial charge is 0.497 e. The molecular formula is C20H19N3O5S. The molecule has 2 aromatic carbocycles. The summed E-state index contributed by atoms with van der Waals surface area (Å²) in [4.78, 5) is 4.02. The number of sulfonamides is 1. The third-order valence-electron chi connectivity index (χ3n) is 4.31. The average molecular weight is 413 g/mol. The average Bonchev–Trinajstić information content (AvgIpc) is 3.17. The minimum Gasteiger partial charge on any atom is -0.497 e. The van der Waals surface area contributed by atoms with E-state index in [4.69, 9.17) is 13.9 Å². The van der Waals surface area contributed by atoms with Gasteiger partial charge in [-0.25, -0.2) is 12.7 Å². The Morgan fingerprint density at radius 3 is 2.38 bits per heavy atom. The van der Waals surface area contributed by atoms with Crippen LogP contribution in [0.4, 0.5) is 5.88 Å². The van der Waals surface area contributed by atoms with Gasteiger partial charge in [-0.2, -0.15) is 10.2 Å².